The molecule has 5 nitrogen and oxygen atoms in total. The largest absolute Gasteiger partial charge is 0.412 e. The fourth-order valence-electron chi connectivity index (χ4n) is 0.158. The van der Waals surface area contributed by atoms with Crippen LogP contribution in [0.5, 0.6) is 0 Å². The molecular formula is C4H18O5. The predicted molar refractivity (Wildman–Crippen MR) is 36.4 cm³/mol. The lowest BCUT2D eigenvalue weighted by molar-refractivity contribution is 0.287. The topological polar surface area (TPSA) is 146 Å². The molecular weight excluding hydrogens is 128 g/mol. The second kappa shape index (κ2) is 46.0. The molecule has 0 aliphatic heterocycles. The van der Waals surface area contributed by atoms with Gasteiger partial charge in [0.25, 0.3) is 0 Å². The second-order valence-corrected chi connectivity index (χ2v) is 1.08. The Morgan fingerprint density at radius 3 is 1.33 bits per heavy atom. The van der Waals surface area contributed by atoms with Crippen molar-refractivity contribution in [3.8, 4) is 0 Å². The molecule has 9 N–H and O–H groups in total. The predicted octanol–water partition coefficient (Wildman–Crippen LogP) is -2.52. The van der Waals surface area contributed by atoms with Gasteiger partial charge in [0.2, 0.25) is 0 Å². The molecule has 0 aromatic carbocycles. The van der Waals surface area contributed by atoms with E-state index < -0.39 is 0 Å². The zero-order valence-electron chi connectivity index (χ0n) is 5.57. The summed E-state index contributed by atoms with van der Waals surface area (Å²) in [6, 6.07) is 0. The third kappa shape index (κ3) is 81.0. The smallest absolute Gasteiger partial charge is 0.0430 e. The summed E-state index contributed by atoms with van der Waals surface area (Å²) in [5.74, 6) is 0. The number of aliphatic hydroxyl groups is 1. The highest BCUT2D eigenvalue weighted by Crippen LogP contribution is 1.78. The highest BCUT2D eigenvalue weighted by atomic mass is 16.2. The highest BCUT2D eigenvalue weighted by molar-refractivity contribution is 4.23. The van der Waals surface area contributed by atoms with Gasteiger partial charge in [-0.05, 0) is 6.42 Å². The van der Waals surface area contributed by atoms with Gasteiger partial charge in [0.05, 0.1) is 0 Å². The molecule has 5 heteroatoms. The quantitative estimate of drug-likeness (QED) is 0.450. The lowest BCUT2D eigenvalue weighted by Crippen LogP contribution is -1.75. The van der Waals surface area contributed by atoms with Crippen LogP contribution in [0.25, 0.3) is 0 Å². The summed E-state index contributed by atoms with van der Waals surface area (Å²) >= 11 is 0. The summed E-state index contributed by atoms with van der Waals surface area (Å²) in [7, 11) is 0. The Labute approximate surface area is 54.6 Å². The summed E-state index contributed by atoms with van der Waals surface area (Å²) in [5.41, 5.74) is 0. The van der Waals surface area contributed by atoms with Gasteiger partial charge in [-0.3, -0.25) is 0 Å². The number of unbranched alkanes of at least 4 members (excludes halogenated alkanes) is 1. The van der Waals surface area contributed by atoms with Crippen LogP contribution in [-0.2, 0) is 0 Å². The summed E-state index contributed by atoms with van der Waals surface area (Å²) in [6.07, 6.45) is 2.04. The SMILES string of the molecule is CCCCO.O.O.O.O. The van der Waals surface area contributed by atoms with E-state index >= 15 is 0 Å². The van der Waals surface area contributed by atoms with E-state index in [1.165, 1.54) is 0 Å². The van der Waals surface area contributed by atoms with E-state index in [0.29, 0.717) is 6.61 Å². The molecule has 9 heavy (non-hydrogen) atoms. The van der Waals surface area contributed by atoms with Crippen molar-refractivity contribution in [1.29, 1.82) is 0 Å². The van der Waals surface area contributed by atoms with E-state index in [1.54, 1.807) is 0 Å². The molecule has 0 aliphatic rings. The first-order valence-corrected chi connectivity index (χ1v) is 2.02. The molecule has 64 valence electrons. The van der Waals surface area contributed by atoms with Crippen molar-refractivity contribution in [1.82, 2.24) is 0 Å². The summed E-state index contributed by atoms with van der Waals surface area (Å²) in [6.45, 7) is 2.40. The first-order valence-electron chi connectivity index (χ1n) is 2.02. The Bertz CT molecular complexity index is 16.4. The van der Waals surface area contributed by atoms with Crippen molar-refractivity contribution in [2.24, 2.45) is 0 Å². The molecule has 0 heterocycles. The standard InChI is InChI=1S/C4H10O.4H2O/c1-2-3-4-5;;;;/h5H,2-4H2,1H3;4*1H2. The van der Waals surface area contributed by atoms with E-state index in [0.717, 1.165) is 12.8 Å². The fourth-order valence-corrected chi connectivity index (χ4v) is 0.158. The molecule has 0 atom stereocenters. The van der Waals surface area contributed by atoms with Crippen LogP contribution in [0.1, 0.15) is 19.8 Å². The Kier molecular flexibility index (Phi) is 190. The number of hydrogen-bond acceptors (Lipinski definition) is 1. The van der Waals surface area contributed by atoms with E-state index in [1.807, 2.05) is 0 Å². The molecule has 0 saturated carbocycles. The molecule has 0 amide bonds. The molecule has 0 rings (SSSR count). The maximum atomic E-state index is 8.07. The van der Waals surface area contributed by atoms with Crippen molar-refractivity contribution < 1.29 is 27.0 Å². The van der Waals surface area contributed by atoms with Crippen LogP contribution in [0.2, 0.25) is 0 Å². The van der Waals surface area contributed by atoms with Crippen LogP contribution in [0.4, 0.5) is 0 Å². The fraction of sp³-hybridized carbons (Fsp3) is 1.00. The van der Waals surface area contributed by atoms with Gasteiger partial charge in [-0.15, -0.1) is 0 Å². The Morgan fingerprint density at radius 1 is 1.00 bits per heavy atom. The molecule has 0 fully saturated rings. The lowest BCUT2D eigenvalue weighted by atomic mass is 10.4. The molecule has 0 aliphatic carbocycles. The number of aliphatic hydroxyl groups excluding tert-OH is 1. The zero-order valence-corrected chi connectivity index (χ0v) is 5.57. The molecule has 0 saturated heterocycles. The van der Waals surface area contributed by atoms with E-state index in [2.05, 4.69) is 6.92 Å². The third-order valence-electron chi connectivity index (χ3n) is 0.512. The van der Waals surface area contributed by atoms with Crippen LogP contribution in [0.15, 0.2) is 0 Å². The van der Waals surface area contributed by atoms with E-state index in [9.17, 15) is 0 Å². The van der Waals surface area contributed by atoms with Gasteiger partial charge >= 0.3 is 0 Å². The summed E-state index contributed by atoms with van der Waals surface area (Å²) < 4.78 is 0. The highest BCUT2D eigenvalue weighted by Gasteiger charge is 1.69. The lowest BCUT2D eigenvalue weighted by Gasteiger charge is -1.79. The van der Waals surface area contributed by atoms with Crippen molar-refractivity contribution in [2.45, 2.75) is 19.8 Å². The summed E-state index contributed by atoms with van der Waals surface area (Å²) in [5, 5.41) is 8.07. The second-order valence-electron chi connectivity index (χ2n) is 1.08. The van der Waals surface area contributed by atoms with Crippen LogP contribution in [-0.4, -0.2) is 33.6 Å². The Hall–Kier alpha value is -0.200. The molecule has 0 spiro atoms. The minimum absolute atomic E-state index is 0. The normalized spacial score (nSPS) is 4.67. The number of hydrogen-bond donors (Lipinski definition) is 1. The van der Waals surface area contributed by atoms with Crippen molar-refractivity contribution in [3.05, 3.63) is 0 Å². The minimum Gasteiger partial charge on any atom is -0.412 e. The third-order valence-corrected chi connectivity index (χ3v) is 0.512. The summed E-state index contributed by atoms with van der Waals surface area (Å²) in [4.78, 5) is 0. The molecule has 0 bridgehead atoms. The number of rotatable bonds is 2. The first-order chi connectivity index (χ1) is 2.41. The van der Waals surface area contributed by atoms with Gasteiger partial charge in [0.1, 0.15) is 0 Å². The maximum absolute atomic E-state index is 8.07. The van der Waals surface area contributed by atoms with Gasteiger partial charge in [-0.25, -0.2) is 0 Å². The van der Waals surface area contributed by atoms with E-state index in [-0.39, 0.29) is 21.9 Å². The maximum Gasteiger partial charge on any atom is 0.0430 e. The zero-order chi connectivity index (χ0) is 4.12. The Balaban J connectivity index is -0.0000000133. The van der Waals surface area contributed by atoms with Crippen molar-refractivity contribution in [3.63, 3.8) is 0 Å². The van der Waals surface area contributed by atoms with E-state index in [4.69, 9.17) is 5.11 Å². The van der Waals surface area contributed by atoms with Gasteiger partial charge in [-0.1, -0.05) is 13.3 Å². The molecule has 0 unspecified atom stereocenters. The first kappa shape index (κ1) is 37.1. The molecule has 0 radical (unpaired) electrons. The van der Waals surface area contributed by atoms with Crippen LogP contribution in [0.3, 0.4) is 0 Å². The van der Waals surface area contributed by atoms with Crippen molar-refractivity contribution in [2.75, 3.05) is 6.61 Å². The van der Waals surface area contributed by atoms with Crippen LogP contribution >= 0.6 is 0 Å². The van der Waals surface area contributed by atoms with Crippen molar-refractivity contribution >= 4 is 0 Å². The molecule has 0 aromatic rings. The van der Waals surface area contributed by atoms with Gasteiger partial charge in [0.15, 0.2) is 0 Å². The van der Waals surface area contributed by atoms with Gasteiger partial charge in [0, 0.05) is 6.61 Å². The molecule has 0 aromatic heterocycles. The monoisotopic (exact) mass is 146 g/mol. The average Bonchev–Trinajstić information content (AvgIpc) is 1.41. The minimum atomic E-state index is 0. The van der Waals surface area contributed by atoms with Gasteiger partial charge < -0.3 is 27.0 Å². The van der Waals surface area contributed by atoms with Gasteiger partial charge in [-0.2, -0.15) is 0 Å². The van der Waals surface area contributed by atoms with Crippen LogP contribution in [0, 0.1) is 0 Å². The average molecular weight is 146 g/mol. The Morgan fingerprint density at radius 2 is 1.33 bits per heavy atom. The van der Waals surface area contributed by atoms with Crippen LogP contribution < -0.4 is 0 Å².